The van der Waals surface area contributed by atoms with Crippen molar-refractivity contribution in [1.82, 2.24) is 4.90 Å². The van der Waals surface area contributed by atoms with Crippen molar-refractivity contribution in [3.8, 4) is 17.2 Å². The molecule has 0 atom stereocenters. The third-order valence-corrected chi connectivity index (χ3v) is 5.17. The quantitative estimate of drug-likeness (QED) is 0.819. The molecule has 7 heteroatoms. The summed E-state index contributed by atoms with van der Waals surface area (Å²) in [6, 6.07) is 7.67. The summed E-state index contributed by atoms with van der Waals surface area (Å²) in [5, 5.41) is 1.93. The number of carbonyl (C=O) groups excluding carboxylic acids is 1. The van der Waals surface area contributed by atoms with Crippen molar-refractivity contribution in [1.29, 1.82) is 0 Å². The highest BCUT2D eigenvalue weighted by Crippen LogP contribution is 2.41. The topological polar surface area (TPSA) is 51.2 Å². The molecule has 1 fully saturated rings. The molecule has 0 spiro atoms. The zero-order valence-electron chi connectivity index (χ0n) is 14.7. The lowest BCUT2D eigenvalue weighted by molar-refractivity contribution is 0.0751. The Bertz CT molecular complexity index is 700. The van der Waals surface area contributed by atoms with Crippen molar-refractivity contribution in [2.75, 3.05) is 52.4 Å². The molecule has 0 unspecified atom stereocenters. The van der Waals surface area contributed by atoms with Crippen LogP contribution in [0.3, 0.4) is 0 Å². The van der Waals surface area contributed by atoms with E-state index in [9.17, 15) is 4.79 Å². The molecule has 25 heavy (non-hydrogen) atoms. The fourth-order valence-corrected chi connectivity index (χ4v) is 3.66. The van der Waals surface area contributed by atoms with Gasteiger partial charge < -0.3 is 24.0 Å². The van der Waals surface area contributed by atoms with Crippen LogP contribution < -0.4 is 19.1 Å². The van der Waals surface area contributed by atoms with Gasteiger partial charge in [0, 0.05) is 44.0 Å². The van der Waals surface area contributed by atoms with E-state index in [0.29, 0.717) is 30.3 Å². The van der Waals surface area contributed by atoms with E-state index in [4.69, 9.17) is 14.2 Å². The summed E-state index contributed by atoms with van der Waals surface area (Å²) in [6.45, 7) is 2.90. The third-order valence-electron chi connectivity index (χ3n) is 4.31. The van der Waals surface area contributed by atoms with Gasteiger partial charge in [-0.15, -0.1) is 11.3 Å². The minimum Gasteiger partial charge on any atom is -0.493 e. The van der Waals surface area contributed by atoms with E-state index in [1.807, 2.05) is 34.5 Å². The first kappa shape index (κ1) is 17.4. The second-order valence-corrected chi connectivity index (χ2v) is 6.59. The van der Waals surface area contributed by atoms with Gasteiger partial charge in [0.25, 0.3) is 5.91 Å². The molecular weight excluding hydrogens is 340 g/mol. The molecule has 3 rings (SSSR count). The Balaban J connectivity index is 1.73. The van der Waals surface area contributed by atoms with E-state index in [1.165, 1.54) is 11.3 Å². The molecule has 2 aromatic rings. The highest BCUT2D eigenvalue weighted by atomic mass is 32.1. The van der Waals surface area contributed by atoms with E-state index in [0.717, 1.165) is 23.7 Å². The number of rotatable bonds is 5. The Kier molecular flexibility index (Phi) is 5.33. The van der Waals surface area contributed by atoms with Crippen molar-refractivity contribution in [3.63, 3.8) is 0 Å². The molecule has 0 saturated carbocycles. The molecule has 1 aromatic carbocycles. The van der Waals surface area contributed by atoms with Crippen molar-refractivity contribution in [3.05, 3.63) is 34.5 Å². The number of piperazine rings is 1. The van der Waals surface area contributed by atoms with Gasteiger partial charge in [0.15, 0.2) is 11.5 Å². The van der Waals surface area contributed by atoms with Crippen LogP contribution >= 0.6 is 11.3 Å². The number of methoxy groups -OCH3 is 3. The Morgan fingerprint density at radius 1 is 1.00 bits per heavy atom. The van der Waals surface area contributed by atoms with Crippen molar-refractivity contribution >= 4 is 22.9 Å². The predicted molar refractivity (Wildman–Crippen MR) is 98.5 cm³/mol. The first-order valence-corrected chi connectivity index (χ1v) is 8.93. The van der Waals surface area contributed by atoms with Crippen molar-refractivity contribution in [2.45, 2.75) is 0 Å². The monoisotopic (exact) mass is 362 g/mol. The number of thiophene rings is 1. The SMILES string of the molecule is COc1cc(N2CCN(C(=O)c3cccs3)CC2)cc(OC)c1OC. The van der Waals surface area contributed by atoms with Crippen molar-refractivity contribution < 1.29 is 19.0 Å². The summed E-state index contributed by atoms with van der Waals surface area (Å²) < 4.78 is 16.2. The maximum Gasteiger partial charge on any atom is 0.264 e. The second-order valence-electron chi connectivity index (χ2n) is 5.64. The first-order chi connectivity index (χ1) is 12.2. The number of amides is 1. The fourth-order valence-electron chi connectivity index (χ4n) is 2.97. The number of carbonyl (C=O) groups is 1. The van der Waals surface area contributed by atoms with Gasteiger partial charge in [-0.1, -0.05) is 6.07 Å². The Labute approximate surface area is 151 Å². The molecule has 1 saturated heterocycles. The highest BCUT2D eigenvalue weighted by Gasteiger charge is 2.24. The van der Waals surface area contributed by atoms with Crippen LogP contribution in [0.2, 0.25) is 0 Å². The Hall–Kier alpha value is -2.41. The molecule has 134 valence electrons. The lowest BCUT2D eigenvalue weighted by atomic mass is 10.2. The van der Waals surface area contributed by atoms with Crippen LogP contribution in [0, 0.1) is 0 Å². The molecule has 6 nitrogen and oxygen atoms in total. The highest BCUT2D eigenvalue weighted by molar-refractivity contribution is 7.12. The summed E-state index contributed by atoms with van der Waals surface area (Å²) in [4.78, 5) is 17.4. The lowest BCUT2D eigenvalue weighted by Gasteiger charge is -2.36. The molecule has 1 aliphatic heterocycles. The normalized spacial score (nSPS) is 14.4. The number of anilines is 1. The van der Waals surface area contributed by atoms with Gasteiger partial charge in [0.2, 0.25) is 5.75 Å². The second kappa shape index (κ2) is 7.65. The molecular formula is C18H22N2O4S. The average Bonchev–Trinajstić information content (AvgIpc) is 3.21. The first-order valence-electron chi connectivity index (χ1n) is 8.05. The van der Waals surface area contributed by atoms with Crippen LogP contribution in [0.5, 0.6) is 17.2 Å². The van der Waals surface area contributed by atoms with E-state index in [1.54, 1.807) is 21.3 Å². The Morgan fingerprint density at radius 2 is 1.64 bits per heavy atom. The maximum atomic E-state index is 12.4. The molecule has 1 aromatic heterocycles. The molecule has 1 amide bonds. The van der Waals surface area contributed by atoms with Gasteiger partial charge in [-0.2, -0.15) is 0 Å². The van der Waals surface area contributed by atoms with Gasteiger partial charge in [0.05, 0.1) is 26.2 Å². The standard InChI is InChI=1S/C18H22N2O4S/c1-22-14-11-13(12-15(23-2)17(14)24-3)19-6-8-20(9-7-19)18(21)16-5-4-10-25-16/h4-5,10-12H,6-9H2,1-3H3. The summed E-state index contributed by atoms with van der Waals surface area (Å²) in [5.41, 5.74) is 0.998. The lowest BCUT2D eigenvalue weighted by Crippen LogP contribution is -2.48. The van der Waals surface area contributed by atoms with Crippen molar-refractivity contribution in [2.24, 2.45) is 0 Å². The van der Waals surface area contributed by atoms with E-state index >= 15 is 0 Å². The minimum absolute atomic E-state index is 0.111. The maximum absolute atomic E-state index is 12.4. The predicted octanol–water partition coefficient (Wildman–Crippen LogP) is 2.74. The number of benzene rings is 1. The molecule has 0 radical (unpaired) electrons. The summed E-state index contributed by atoms with van der Waals surface area (Å²) in [5.74, 6) is 1.96. The van der Waals surface area contributed by atoms with Gasteiger partial charge in [0.1, 0.15) is 0 Å². The molecule has 0 bridgehead atoms. The third kappa shape index (κ3) is 3.51. The van der Waals surface area contributed by atoms with Crippen LogP contribution in [0.25, 0.3) is 0 Å². The van der Waals surface area contributed by atoms with Crippen LogP contribution in [0.1, 0.15) is 9.67 Å². The number of ether oxygens (including phenoxy) is 3. The molecule has 0 N–H and O–H groups in total. The van der Waals surface area contributed by atoms with Crippen LogP contribution in [-0.2, 0) is 0 Å². The van der Waals surface area contributed by atoms with Crippen LogP contribution in [0.15, 0.2) is 29.6 Å². The van der Waals surface area contributed by atoms with Crippen LogP contribution in [0.4, 0.5) is 5.69 Å². The van der Waals surface area contributed by atoms with E-state index in [2.05, 4.69) is 4.90 Å². The van der Waals surface area contributed by atoms with Gasteiger partial charge in [-0.3, -0.25) is 4.79 Å². The van der Waals surface area contributed by atoms with E-state index < -0.39 is 0 Å². The van der Waals surface area contributed by atoms with Gasteiger partial charge >= 0.3 is 0 Å². The number of hydrogen-bond acceptors (Lipinski definition) is 6. The molecule has 0 aliphatic carbocycles. The van der Waals surface area contributed by atoms with Gasteiger partial charge in [-0.25, -0.2) is 0 Å². The molecule has 2 heterocycles. The summed E-state index contributed by atoms with van der Waals surface area (Å²) >= 11 is 1.48. The number of nitrogens with zero attached hydrogens (tertiary/aromatic N) is 2. The molecule has 1 aliphatic rings. The zero-order valence-corrected chi connectivity index (χ0v) is 15.5. The average molecular weight is 362 g/mol. The van der Waals surface area contributed by atoms with E-state index in [-0.39, 0.29) is 5.91 Å². The summed E-state index contributed by atoms with van der Waals surface area (Å²) in [7, 11) is 4.81. The Morgan fingerprint density at radius 3 is 2.12 bits per heavy atom. The largest absolute Gasteiger partial charge is 0.493 e. The van der Waals surface area contributed by atoms with Gasteiger partial charge in [-0.05, 0) is 11.4 Å². The fraction of sp³-hybridized carbons (Fsp3) is 0.389. The van der Waals surface area contributed by atoms with Crippen LogP contribution in [-0.4, -0.2) is 58.3 Å². The minimum atomic E-state index is 0.111. The summed E-state index contributed by atoms with van der Waals surface area (Å²) in [6.07, 6.45) is 0. The smallest absolute Gasteiger partial charge is 0.264 e. The number of hydrogen-bond donors (Lipinski definition) is 0. The zero-order chi connectivity index (χ0) is 17.8.